The van der Waals surface area contributed by atoms with Crippen LogP contribution in [0.15, 0.2) is 0 Å². The summed E-state index contributed by atoms with van der Waals surface area (Å²) in [6.07, 6.45) is 0. The van der Waals surface area contributed by atoms with E-state index in [4.69, 9.17) is 0 Å². The molecule has 0 radical (unpaired) electrons. The van der Waals surface area contributed by atoms with E-state index < -0.39 is 28.1 Å². The minimum atomic E-state index is -1.62. The van der Waals surface area contributed by atoms with Crippen molar-refractivity contribution < 1.29 is 14.3 Å². The van der Waals surface area contributed by atoms with E-state index in [2.05, 4.69) is 27.7 Å². The molecule has 0 aromatic rings. The maximum Gasteiger partial charge on any atom is 0.392 e. The monoisotopic (exact) mass is 266 g/mol. The summed E-state index contributed by atoms with van der Waals surface area (Å²) in [6.45, 7) is 12.0. The summed E-state index contributed by atoms with van der Waals surface area (Å²) in [7, 11) is -3.24. The molecule has 3 nitrogen and oxygen atoms in total. The van der Waals surface area contributed by atoms with E-state index in [1.807, 2.05) is 39.3 Å². The Kier molecular flexibility index (Phi) is 5.40. The zero-order valence-corrected chi connectivity index (χ0v) is 13.2. The molecule has 0 rings (SSSR count). The summed E-state index contributed by atoms with van der Waals surface area (Å²) in [5.41, 5.74) is 5.64. The lowest BCUT2D eigenvalue weighted by Crippen LogP contribution is -2.19. The van der Waals surface area contributed by atoms with Crippen LogP contribution in [0.4, 0.5) is 0 Å². The highest BCUT2D eigenvalue weighted by Crippen LogP contribution is 1.97. The van der Waals surface area contributed by atoms with Crippen LogP contribution in [0, 0.1) is 22.9 Å². The van der Waals surface area contributed by atoms with Crippen LogP contribution in [0.25, 0.3) is 0 Å². The van der Waals surface area contributed by atoms with Crippen LogP contribution in [-0.4, -0.2) is 28.1 Å². The Balaban J connectivity index is 4.45. The molecule has 0 saturated carbocycles. The third kappa shape index (κ3) is 11.0. The van der Waals surface area contributed by atoms with Crippen LogP contribution >= 0.6 is 0 Å². The van der Waals surface area contributed by atoms with Gasteiger partial charge in [0.1, 0.15) is 16.1 Å². The van der Waals surface area contributed by atoms with Gasteiger partial charge in [0, 0.05) is 11.8 Å². The molecule has 0 N–H and O–H groups in total. The van der Waals surface area contributed by atoms with Crippen LogP contribution < -0.4 is 0 Å². The van der Waals surface area contributed by atoms with E-state index in [0.29, 0.717) is 0 Å². The van der Waals surface area contributed by atoms with Crippen molar-refractivity contribution >= 4 is 28.1 Å². The fraction of sp³-hybridized carbons (Fsp3) is 0.500. The summed E-state index contributed by atoms with van der Waals surface area (Å²) in [5, 5.41) is 0. The quantitative estimate of drug-likeness (QED) is 0.291. The van der Waals surface area contributed by atoms with Crippen molar-refractivity contribution in [3.05, 3.63) is 0 Å². The fourth-order valence-electron chi connectivity index (χ4n) is 0.612. The second-order valence-electron chi connectivity index (χ2n) is 5.68. The highest BCUT2D eigenvalue weighted by Gasteiger charge is 2.12. The Morgan fingerprint density at radius 3 is 1.29 bits per heavy atom. The van der Waals surface area contributed by atoms with Crippen molar-refractivity contribution in [1.82, 2.24) is 0 Å². The number of carbonyl (C=O) groups excluding carboxylic acids is 2. The van der Waals surface area contributed by atoms with Crippen LogP contribution in [-0.2, 0) is 14.3 Å². The van der Waals surface area contributed by atoms with Gasteiger partial charge >= 0.3 is 11.9 Å². The Morgan fingerprint density at radius 1 is 0.765 bits per heavy atom. The van der Waals surface area contributed by atoms with Crippen molar-refractivity contribution in [1.29, 1.82) is 0 Å². The molecule has 0 spiro atoms. The lowest BCUT2D eigenvalue weighted by molar-refractivity contribution is -0.151. The van der Waals surface area contributed by atoms with Crippen LogP contribution in [0.1, 0.15) is 0 Å². The molecule has 0 aliphatic rings. The number of ether oxygens (including phenoxy) is 1. The predicted octanol–water partition coefficient (Wildman–Crippen LogP) is 1.82. The first kappa shape index (κ1) is 15.7. The Bertz CT molecular complexity index is 389. The lowest BCUT2D eigenvalue weighted by atomic mass is 10.6. The Morgan fingerprint density at radius 2 is 1.06 bits per heavy atom. The van der Waals surface area contributed by atoms with Crippen LogP contribution in [0.3, 0.4) is 0 Å². The standard InChI is InChI=1S/C12H18O3Si2/c1-16(2,3)9-7-11(13)15-12(14)8-10-17(4,5)6/h1-6H3. The second-order valence-corrected chi connectivity index (χ2v) is 15.2. The van der Waals surface area contributed by atoms with Crippen LogP contribution in [0.5, 0.6) is 0 Å². The highest BCUT2D eigenvalue weighted by atomic mass is 28.3. The number of esters is 2. The summed E-state index contributed by atoms with van der Waals surface area (Å²) in [5.74, 6) is 3.01. The van der Waals surface area contributed by atoms with Crippen molar-refractivity contribution in [3.63, 3.8) is 0 Å². The van der Waals surface area contributed by atoms with Crippen LogP contribution in [0.2, 0.25) is 39.3 Å². The van der Waals surface area contributed by atoms with Gasteiger partial charge in [0.15, 0.2) is 0 Å². The molecule has 0 aliphatic carbocycles. The molecule has 0 aromatic carbocycles. The maximum absolute atomic E-state index is 11.2. The average Bonchev–Trinajstić information content (AvgIpc) is 2.09. The van der Waals surface area contributed by atoms with Gasteiger partial charge in [0.05, 0.1) is 0 Å². The van der Waals surface area contributed by atoms with Crippen molar-refractivity contribution in [2.24, 2.45) is 0 Å². The first-order valence-corrected chi connectivity index (χ1v) is 12.3. The van der Waals surface area contributed by atoms with Gasteiger partial charge in [-0.05, 0) is 0 Å². The minimum absolute atomic E-state index is 0.817. The van der Waals surface area contributed by atoms with Gasteiger partial charge in [-0.2, -0.15) is 0 Å². The number of hydrogen-bond donors (Lipinski definition) is 0. The van der Waals surface area contributed by atoms with Gasteiger partial charge in [0.2, 0.25) is 0 Å². The van der Waals surface area contributed by atoms with Gasteiger partial charge in [-0.1, -0.05) is 39.3 Å². The fourth-order valence-corrected chi connectivity index (χ4v) is 1.57. The van der Waals surface area contributed by atoms with Crippen molar-refractivity contribution in [2.45, 2.75) is 39.3 Å². The smallest absolute Gasteiger partial charge is 0.373 e. The van der Waals surface area contributed by atoms with Crippen molar-refractivity contribution in [2.75, 3.05) is 0 Å². The number of carbonyl (C=O) groups is 2. The molecular formula is C12H18O3Si2. The molecule has 0 aromatic heterocycles. The van der Waals surface area contributed by atoms with E-state index in [9.17, 15) is 9.59 Å². The number of rotatable bonds is 0. The Labute approximate surface area is 105 Å². The van der Waals surface area contributed by atoms with Crippen molar-refractivity contribution in [3.8, 4) is 22.9 Å². The zero-order valence-electron chi connectivity index (χ0n) is 11.2. The molecule has 92 valence electrons. The van der Waals surface area contributed by atoms with Gasteiger partial charge in [0.25, 0.3) is 0 Å². The Hall–Kier alpha value is -1.31. The average molecular weight is 266 g/mol. The summed E-state index contributed by atoms with van der Waals surface area (Å²) in [6, 6.07) is 0. The first-order chi connectivity index (χ1) is 7.49. The largest absolute Gasteiger partial charge is 0.392 e. The molecular weight excluding hydrogens is 248 g/mol. The molecule has 0 bridgehead atoms. The van der Waals surface area contributed by atoms with Gasteiger partial charge < -0.3 is 4.74 Å². The summed E-state index contributed by atoms with van der Waals surface area (Å²) in [4.78, 5) is 22.3. The van der Waals surface area contributed by atoms with E-state index in [-0.39, 0.29) is 0 Å². The first-order valence-electron chi connectivity index (χ1n) is 5.32. The maximum atomic E-state index is 11.2. The molecule has 0 saturated heterocycles. The molecule has 0 aliphatic heterocycles. The lowest BCUT2D eigenvalue weighted by Gasteiger charge is -2.03. The molecule has 0 unspecified atom stereocenters. The third-order valence-electron chi connectivity index (χ3n) is 1.26. The third-order valence-corrected chi connectivity index (χ3v) is 3.01. The highest BCUT2D eigenvalue weighted by molar-refractivity contribution is 6.84. The minimum Gasteiger partial charge on any atom is -0.373 e. The normalized spacial score (nSPS) is 10.5. The van der Waals surface area contributed by atoms with Gasteiger partial charge in [-0.15, -0.1) is 11.1 Å². The van der Waals surface area contributed by atoms with E-state index in [1.54, 1.807) is 0 Å². The molecule has 0 atom stereocenters. The van der Waals surface area contributed by atoms with E-state index in [1.165, 1.54) is 0 Å². The molecule has 0 heterocycles. The number of hydrogen-bond acceptors (Lipinski definition) is 3. The molecule has 5 heteroatoms. The topological polar surface area (TPSA) is 43.4 Å². The molecule has 0 amide bonds. The predicted molar refractivity (Wildman–Crippen MR) is 73.3 cm³/mol. The van der Waals surface area contributed by atoms with Gasteiger partial charge in [-0.25, -0.2) is 9.59 Å². The van der Waals surface area contributed by atoms with E-state index >= 15 is 0 Å². The summed E-state index contributed by atoms with van der Waals surface area (Å²) >= 11 is 0. The summed E-state index contributed by atoms with van der Waals surface area (Å²) < 4.78 is 4.46. The van der Waals surface area contributed by atoms with E-state index in [0.717, 1.165) is 0 Å². The zero-order chi connectivity index (χ0) is 13.7. The molecule has 17 heavy (non-hydrogen) atoms. The molecule has 0 fully saturated rings. The second kappa shape index (κ2) is 5.85. The van der Waals surface area contributed by atoms with Gasteiger partial charge in [-0.3, -0.25) is 0 Å². The SMILES string of the molecule is C[Si](C)(C)C#CC(=O)OC(=O)C#C[Si](C)(C)C.